The zero-order chi connectivity index (χ0) is 8.97. The Bertz CT molecular complexity index is 152. The van der Waals surface area contributed by atoms with Crippen molar-refractivity contribution in [3.8, 4) is 0 Å². The molecule has 0 bridgehead atoms. The van der Waals surface area contributed by atoms with Gasteiger partial charge in [-0.2, -0.15) is 0 Å². The third-order valence-corrected chi connectivity index (χ3v) is 2.12. The highest BCUT2D eigenvalue weighted by molar-refractivity contribution is 5.69. The Kier molecular flexibility index (Phi) is 3.53. The van der Waals surface area contributed by atoms with E-state index in [1.165, 1.54) is 0 Å². The van der Waals surface area contributed by atoms with Crippen LogP contribution in [0.1, 0.15) is 32.6 Å². The van der Waals surface area contributed by atoms with Crippen molar-refractivity contribution in [2.75, 3.05) is 6.61 Å². The highest BCUT2D eigenvalue weighted by Crippen LogP contribution is 2.34. The fraction of sp³-hybridized carbons (Fsp3) is 0.889. The first-order chi connectivity index (χ1) is 5.74. The minimum Gasteiger partial charge on any atom is -0.466 e. The largest absolute Gasteiger partial charge is 0.466 e. The molecule has 12 heavy (non-hydrogen) atoms. The number of rotatable bonds is 5. The predicted molar refractivity (Wildman–Crippen MR) is 44.6 cm³/mol. The number of carbonyl (C=O) groups excluding carboxylic acids is 1. The van der Waals surface area contributed by atoms with Gasteiger partial charge < -0.3 is 9.84 Å². The number of carbonyl (C=O) groups is 1. The molecule has 1 N–H and O–H groups in total. The summed E-state index contributed by atoms with van der Waals surface area (Å²) in [7, 11) is 0. The maximum absolute atomic E-state index is 10.9. The zero-order valence-corrected chi connectivity index (χ0v) is 7.45. The molecular weight excluding hydrogens is 156 g/mol. The maximum Gasteiger partial charge on any atom is 0.305 e. The van der Waals surface area contributed by atoms with E-state index in [-0.39, 0.29) is 12.1 Å². The molecule has 3 nitrogen and oxygen atoms in total. The molecule has 1 atom stereocenters. The molecule has 70 valence electrons. The van der Waals surface area contributed by atoms with Gasteiger partial charge in [0.25, 0.3) is 0 Å². The van der Waals surface area contributed by atoms with Crippen LogP contribution in [0.15, 0.2) is 0 Å². The topological polar surface area (TPSA) is 46.5 Å². The van der Waals surface area contributed by atoms with Crippen LogP contribution in [0.25, 0.3) is 0 Å². The number of ether oxygens (including phenoxy) is 1. The van der Waals surface area contributed by atoms with Crippen molar-refractivity contribution in [1.29, 1.82) is 0 Å². The normalized spacial score (nSPS) is 18.8. The van der Waals surface area contributed by atoms with Gasteiger partial charge in [0.15, 0.2) is 0 Å². The molecule has 3 heteroatoms. The monoisotopic (exact) mass is 172 g/mol. The number of aliphatic hydroxyl groups is 1. The molecule has 0 aromatic heterocycles. The van der Waals surface area contributed by atoms with Crippen LogP contribution in [0, 0.1) is 5.92 Å². The van der Waals surface area contributed by atoms with E-state index in [0.29, 0.717) is 25.4 Å². The predicted octanol–water partition coefficient (Wildman–Crippen LogP) is 1.10. The van der Waals surface area contributed by atoms with E-state index in [9.17, 15) is 9.90 Å². The third-order valence-electron chi connectivity index (χ3n) is 2.12. The Balaban J connectivity index is 2.03. The minimum absolute atomic E-state index is 0.197. The summed E-state index contributed by atoms with van der Waals surface area (Å²) >= 11 is 0. The fourth-order valence-corrected chi connectivity index (χ4v) is 1.22. The molecule has 1 fully saturated rings. The van der Waals surface area contributed by atoms with Gasteiger partial charge in [-0.3, -0.25) is 4.79 Å². The van der Waals surface area contributed by atoms with E-state index >= 15 is 0 Å². The average Bonchev–Trinajstić information content (AvgIpc) is 2.83. The van der Waals surface area contributed by atoms with E-state index in [1.807, 2.05) is 0 Å². The van der Waals surface area contributed by atoms with E-state index < -0.39 is 0 Å². The molecule has 0 saturated heterocycles. The second-order valence-corrected chi connectivity index (χ2v) is 3.25. The molecule has 1 aliphatic rings. The van der Waals surface area contributed by atoms with Crippen molar-refractivity contribution >= 4 is 5.97 Å². The third kappa shape index (κ3) is 3.22. The van der Waals surface area contributed by atoms with Crippen LogP contribution in [-0.4, -0.2) is 23.8 Å². The summed E-state index contributed by atoms with van der Waals surface area (Å²) in [5.41, 5.74) is 0. The minimum atomic E-state index is -0.283. The quantitative estimate of drug-likeness (QED) is 0.632. The first-order valence-corrected chi connectivity index (χ1v) is 4.57. The Labute approximate surface area is 72.7 Å². The van der Waals surface area contributed by atoms with E-state index in [0.717, 1.165) is 12.8 Å². The van der Waals surface area contributed by atoms with Crippen molar-refractivity contribution in [2.24, 2.45) is 5.92 Å². The lowest BCUT2D eigenvalue weighted by molar-refractivity contribution is -0.143. The molecule has 0 heterocycles. The van der Waals surface area contributed by atoms with Gasteiger partial charge in [0, 0.05) is 6.42 Å². The number of aliphatic hydroxyl groups excluding tert-OH is 1. The smallest absolute Gasteiger partial charge is 0.305 e. The van der Waals surface area contributed by atoms with Crippen molar-refractivity contribution in [3.63, 3.8) is 0 Å². The number of esters is 1. The number of hydrogen-bond donors (Lipinski definition) is 1. The fourth-order valence-electron chi connectivity index (χ4n) is 1.22. The van der Waals surface area contributed by atoms with Crippen molar-refractivity contribution in [2.45, 2.75) is 38.7 Å². The molecule has 1 unspecified atom stereocenters. The first kappa shape index (κ1) is 9.52. The Morgan fingerprint density at radius 1 is 1.67 bits per heavy atom. The SMILES string of the molecule is CCOC(=O)CCC(O)C1CC1. The Hall–Kier alpha value is -0.570. The summed E-state index contributed by atoms with van der Waals surface area (Å²) < 4.78 is 4.74. The van der Waals surface area contributed by atoms with E-state index in [2.05, 4.69) is 0 Å². The van der Waals surface area contributed by atoms with Crippen LogP contribution in [0.3, 0.4) is 0 Å². The zero-order valence-electron chi connectivity index (χ0n) is 7.45. The van der Waals surface area contributed by atoms with Crippen LogP contribution < -0.4 is 0 Å². The molecule has 0 amide bonds. The van der Waals surface area contributed by atoms with Crippen molar-refractivity contribution in [1.82, 2.24) is 0 Å². The van der Waals surface area contributed by atoms with Crippen molar-refractivity contribution in [3.05, 3.63) is 0 Å². The molecule has 0 aromatic carbocycles. The average molecular weight is 172 g/mol. The lowest BCUT2D eigenvalue weighted by Gasteiger charge is -2.07. The summed E-state index contributed by atoms with van der Waals surface area (Å²) in [6.45, 7) is 2.22. The second-order valence-electron chi connectivity index (χ2n) is 3.25. The van der Waals surface area contributed by atoms with Gasteiger partial charge in [-0.05, 0) is 32.1 Å². The summed E-state index contributed by atoms with van der Waals surface area (Å²) in [4.78, 5) is 10.9. The summed E-state index contributed by atoms with van der Waals surface area (Å²) in [5.74, 6) is 0.261. The first-order valence-electron chi connectivity index (χ1n) is 4.57. The van der Waals surface area contributed by atoms with Gasteiger partial charge in [0.1, 0.15) is 0 Å². The van der Waals surface area contributed by atoms with Crippen molar-refractivity contribution < 1.29 is 14.6 Å². The molecule has 1 rings (SSSR count). The highest BCUT2D eigenvalue weighted by atomic mass is 16.5. The number of hydrogen-bond acceptors (Lipinski definition) is 3. The molecule has 0 spiro atoms. The summed E-state index contributed by atoms with van der Waals surface area (Å²) in [6, 6.07) is 0. The lowest BCUT2D eigenvalue weighted by Crippen LogP contribution is -2.13. The van der Waals surface area contributed by atoms with Gasteiger partial charge in [-0.15, -0.1) is 0 Å². The van der Waals surface area contributed by atoms with Crippen LogP contribution >= 0.6 is 0 Å². The van der Waals surface area contributed by atoms with Gasteiger partial charge in [0.2, 0.25) is 0 Å². The standard InChI is InChI=1S/C9H16O3/c1-2-12-9(11)6-5-8(10)7-3-4-7/h7-8,10H,2-6H2,1H3. The molecule has 0 radical (unpaired) electrons. The molecular formula is C9H16O3. The van der Waals surface area contributed by atoms with Crippen LogP contribution in [-0.2, 0) is 9.53 Å². The Morgan fingerprint density at radius 2 is 2.33 bits per heavy atom. The Morgan fingerprint density at radius 3 is 2.83 bits per heavy atom. The maximum atomic E-state index is 10.9. The van der Waals surface area contributed by atoms with E-state index in [4.69, 9.17) is 4.74 Å². The highest BCUT2D eigenvalue weighted by Gasteiger charge is 2.29. The van der Waals surface area contributed by atoms with Gasteiger partial charge in [-0.1, -0.05) is 0 Å². The summed E-state index contributed by atoms with van der Waals surface area (Å²) in [5, 5.41) is 9.40. The second kappa shape index (κ2) is 4.45. The van der Waals surface area contributed by atoms with Crippen LogP contribution in [0.4, 0.5) is 0 Å². The van der Waals surface area contributed by atoms with Gasteiger partial charge in [0.05, 0.1) is 12.7 Å². The van der Waals surface area contributed by atoms with Crippen LogP contribution in [0.2, 0.25) is 0 Å². The van der Waals surface area contributed by atoms with Gasteiger partial charge in [-0.25, -0.2) is 0 Å². The van der Waals surface area contributed by atoms with Gasteiger partial charge >= 0.3 is 5.97 Å². The molecule has 0 aliphatic heterocycles. The van der Waals surface area contributed by atoms with Crippen LogP contribution in [0.5, 0.6) is 0 Å². The molecule has 1 aliphatic carbocycles. The van der Waals surface area contributed by atoms with E-state index in [1.54, 1.807) is 6.92 Å². The lowest BCUT2D eigenvalue weighted by atomic mass is 10.1. The summed E-state index contributed by atoms with van der Waals surface area (Å²) in [6.07, 6.45) is 2.86. The molecule has 0 aromatic rings. The molecule has 1 saturated carbocycles.